The molecule has 0 aromatic heterocycles. The number of aryl methyl sites for hydroxylation is 1. The lowest BCUT2D eigenvalue weighted by Crippen LogP contribution is -2.40. The van der Waals surface area contributed by atoms with Gasteiger partial charge >= 0.3 is 0 Å². The first kappa shape index (κ1) is 13.1. The molecule has 1 aliphatic rings. The lowest BCUT2D eigenvalue weighted by atomic mass is 10.0. The monoisotopic (exact) mass is 246 g/mol. The molecule has 1 N–H and O–H groups in total. The van der Waals surface area contributed by atoms with Gasteiger partial charge in [-0.15, -0.1) is 0 Å². The van der Waals surface area contributed by atoms with E-state index in [-0.39, 0.29) is 6.04 Å². The second kappa shape index (κ2) is 6.01. The van der Waals surface area contributed by atoms with Gasteiger partial charge < -0.3 is 10.2 Å². The Morgan fingerprint density at radius 2 is 2.22 bits per heavy atom. The predicted octanol–water partition coefficient (Wildman–Crippen LogP) is 2.27. The van der Waals surface area contributed by atoms with Gasteiger partial charge in [0.15, 0.2) is 0 Å². The van der Waals surface area contributed by atoms with Gasteiger partial charge in [0, 0.05) is 25.6 Å². The first-order chi connectivity index (χ1) is 8.70. The molecule has 1 saturated heterocycles. The van der Waals surface area contributed by atoms with E-state index < -0.39 is 0 Å². The zero-order chi connectivity index (χ0) is 13.0. The van der Waals surface area contributed by atoms with Crippen molar-refractivity contribution in [3.8, 4) is 0 Å². The Morgan fingerprint density at radius 1 is 1.39 bits per heavy atom. The number of carbonyl (C=O) groups excluding carboxylic acids is 1. The third-order valence-electron chi connectivity index (χ3n) is 3.62. The lowest BCUT2D eigenvalue weighted by molar-refractivity contribution is -0.133. The SMILES string of the molecule is CNC(CN1CCCCC1=O)c1cccc(C)c1. The molecule has 18 heavy (non-hydrogen) atoms. The number of piperidine rings is 1. The van der Waals surface area contributed by atoms with E-state index in [0.717, 1.165) is 25.9 Å². The van der Waals surface area contributed by atoms with Gasteiger partial charge in [-0.1, -0.05) is 29.8 Å². The van der Waals surface area contributed by atoms with Crippen LogP contribution in [-0.2, 0) is 4.79 Å². The second-order valence-electron chi connectivity index (χ2n) is 5.05. The van der Waals surface area contributed by atoms with E-state index in [1.54, 1.807) is 0 Å². The van der Waals surface area contributed by atoms with E-state index in [9.17, 15) is 4.79 Å². The standard InChI is InChI=1S/C15H22N2O/c1-12-6-5-7-13(10-12)14(16-2)11-17-9-4-3-8-15(17)18/h5-7,10,14,16H,3-4,8-9,11H2,1-2H3. The van der Waals surface area contributed by atoms with Crippen molar-refractivity contribution in [2.75, 3.05) is 20.1 Å². The minimum atomic E-state index is 0.229. The zero-order valence-electron chi connectivity index (χ0n) is 11.3. The maximum Gasteiger partial charge on any atom is 0.222 e. The van der Waals surface area contributed by atoms with Crippen LogP contribution < -0.4 is 5.32 Å². The Bertz CT molecular complexity index is 417. The van der Waals surface area contributed by atoms with Crippen LogP contribution in [0.2, 0.25) is 0 Å². The van der Waals surface area contributed by atoms with Crippen LogP contribution in [0.3, 0.4) is 0 Å². The minimum Gasteiger partial charge on any atom is -0.341 e. The number of nitrogens with zero attached hydrogens (tertiary/aromatic N) is 1. The highest BCUT2D eigenvalue weighted by Gasteiger charge is 2.21. The van der Waals surface area contributed by atoms with Gasteiger partial charge in [0.05, 0.1) is 0 Å². The lowest BCUT2D eigenvalue weighted by Gasteiger charge is -2.30. The molecule has 1 fully saturated rings. The maximum atomic E-state index is 11.8. The van der Waals surface area contributed by atoms with Gasteiger partial charge in [-0.25, -0.2) is 0 Å². The van der Waals surface area contributed by atoms with Gasteiger partial charge in [0.1, 0.15) is 0 Å². The first-order valence-corrected chi connectivity index (χ1v) is 6.72. The molecule has 0 aliphatic carbocycles. The summed E-state index contributed by atoms with van der Waals surface area (Å²) in [5, 5.41) is 3.32. The summed E-state index contributed by atoms with van der Waals surface area (Å²) in [5.41, 5.74) is 2.52. The largest absolute Gasteiger partial charge is 0.341 e. The van der Waals surface area contributed by atoms with Crippen molar-refractivity contribution in [3.05, 3.63) is 35.4 Å². The minimum absolute atomic E-state index is 0.229. The van der Waals surface area contributed by atoms with E-state index in [1.165, 1.54) is 11.1 Å². The number of likely N-dealkylation sites (N-methyl/N-ethyl adjacent to an activating group) is 1. The molecule has 3 nitrogen and oxygen atoms in total. The molecule has 1 heterocycles. The Kier molecular flexibility index (Phi) is 4.37. The Morgan fingerprint density at radius 3 is 2.89 bits per heavy atom. The highest BCUT2D eigenvalue weighted by atomic mass is 16.2. The summed E-state index contributed by atoms with van der Waals surface area (Å²) < 4.78 is 0. The predicted molar refractivity (Wildman–Crippen MR) is 73.4 cm³/mol. The molecule has 1 unspecified atom stereocenters. The molecule has 98 valence electrons. The van der Waals surface area contributed by atoms with E-state index in [4.69, 9.17) is 0 Å². The summed E-state index contributed by atoms with van der Waals surface area (Å²) in [6.45, 7) is 3.78. The van der Waals surface area contributed by atoms with Crippen molar-refractivity contribution >= 4 is 5.91 Å². The number of carbonyl (C=O) groups is 1. The van der Waals surface area contributed by atoms with Crippen molar-refractivity contribution in [2.45, 2.75) is 32.2 Å². The number of hydrogen-bond donors (Lipinski definition) is 1. The summed E-state index contributed by atoms with van der Waals surface area (Å²) in [5.74, 6) is 0.300. The van der Waals surface area contributed by atoms with Crippen LogP contribution in [-0.4, -0.2) is 30.9 Å². The summed E-state index contributed by atoms with van der Waals surface area (Å²) >= 11 is 0. The van der Waals surface area contributed by atoms with Crippen molar-refractivity contribution < 1.29 is 4.79 Å². The topological polar surface area (TPSA) is 32.3 Å². The van der Waals surface area contributed by atoms with E-state index >= 15 is 0 Å². The number of amides is 1. The first-order valence-electron chi connectivity index (χ1n) is 6.72. The molecular weight excluding hydrogens is 224 g/mol. The normalized spacial score (nSPS) is 17.9. The van der Waals surface area contributed by atoms with Crippen LogP contribution >= 0.6 is 0 Å². The molecule has 1 aromatic rings. The van der Waals surface area contributed by atoms with Crippen LogP contribution in [0.25, 0.3) is 0 Å². The second-order valence-corrected chi connectivity index (χ2v) is 5.05. The number of nitrogens with one attached hydrogen (secondary N) is 1. The molecule has 1 amide bonds. The van der Waals surface area contributed by atoms with Gasteiger partial charge in [0.2, 0.25) is 5.91 Å². The van der Waals surface area contributed by atoms with Gasteiger partial charge in [-0.3, -0.25) is 4.79 Å². The maximum absolute atomic E-state index is 11.8. The summed E-state index contributed by atoms with van der Waals surface area (Å²) in [6, 6.07) is 8.72. The Hall–Kier alpha value is -1.35. The number of likely N-dealkylation sites (tertiary alicyclic amines) is 1. The molecule has 0 spiro atoms. The van der Waals surface area contributed by atoms with Crippen molar-refractivity contribution in [3.63, 3.8) is 0 Å². The summed E-state index contributed by atoms with van der Waals surface area (Å²) in [7, 11) is 1.96. The molecule has 3 heteroatoms. The van der Waals surface area contributed by atoms with E-state index in [0.29, 0.717) is 12.3 Å². The van der Waals surface area contributed by atoms with Crippen molar-refractivity contribution in [1.82, 2.24) is 10.2 Å². The fourth-order valence-corrected chi connectivity index (χ4v) is 2.53. The summed E-state index contributed by atoms with van der Waals surface area (Å²) in [6.07, 6.45) is 2.89. The summed E-state index contributed by atoms with van der Waals surface area (Å²) in [4.78, 5) is 13.8. The van der Waals surface area contributed by atoms with Gasteiger partial charge in [0.25, 0.3) is 0 Å². The molecule has 0 bridgehead atoms. The Labute approximate surface area is 109 Å². The van der Waals surface area contributed by atoms with Gasteiger partial charge in [-0.2, -0.15) is 0 Å². The average Bonchev–Trinajstić information content (AvgIpc) is 2.38. The highest BCUT2D eigenvalue weighted by Crippen LogP contribution is 2.18. The quantitative estimate of drug-likeness (QED) is 0.884. The third-order valence-corrected chi connectivity index (χ3v) is 3.62. The molecule has 0 radical (unpaired) electrons. The smallest absolute Gasteiger partial charge is 0.222 e. The fourth-order valence-electron chi connectivity index (χ4n) is 2.53. The number of rotatable bonds is 4. The Balaban J connectivity index is 2.07. The van der Waals surface area contributed by atoms with Crippen LogP contribution in [0.15, 0.2) is 24.3 Å². The molecule has 1 atom stereocenters. The zero-order valence-corrected chi connectivity index (χ0v) is 11.3. The van der Waals surface area contributed by atoms with Crippen molar-refractivity contribution in [2.24, 2.45) is 0 Å². The number of benzene rings is 1. The fraction of sp³-hybridized carbons (Fsp3) is 0.533. The molecule has 2 rings (SSSR count). The highest BCUT2D eigenvalue weighted by molar-refractivity contribution is 5.76. The average molecular weight is 246 g/mol. The number of hydrogen-bond acceptors (Lipinski definition) is 2. The molecule has 0 saturated carbocycles. The molecular formula is C15H22N2O. The van der Waals surface area contributed by atoms with Gasteiger partial charge in [-0.05, 0) is 32.4 Å². The van der Waals surface area contributed by atoms with Crippen molar-refractivity contribution in [1.29, 1.82) is 0 Å². The van der Waals surface area contributed by atoms with E-state index in [2.05, 4.69) is 36.5 Å². The van der Waals surface area contributed by atoms with Crippen LogP contribution in [0.1, 0.15) is 36.4 Å². The molecule has 1 aliphatic heterocycles. The molecule has 1 aromatic carbocycles. The third kappa shape index (κ3) is 3.10. The van der Waals surface area contributed by atoms with Crippen LogP contribution in [0.4, 0.5) is 0 Å². The van der Waals surface area contributed by atoms with Crippen LogP contribution in [0, 0.1) is 6.92 Å². The van der Waals surface area contributed by atoms with Crippen LogP contribution in [0.5, 0.6) is 0 Å². The van der Waals surface area contributed by atoms with E-state index in [1.807, 2.05) is 11.9 Å².